The zero-order valence-corrected chi connectivity index (χ0v) is 19.2. The van der Waals surface area contributed by atoms with Gasteiger partial charge in [-0.1, -0.05) is 71.2 Å². The predicted molar refractivity (Wildman–Crippen MR) is 129 cm³/mol. The quantitative estimate of drug-likeness (QED) is 0.427. The smallest absolute Gasteiger partial charge is 0.279 e. The molecule has 0 aromatic heterocycles. The molecule has 1 aliphatic heterocycles. The van der Waals surface area contributed by atoms with E-state index in [2.05, 4.69) is 10.6 Å². The van der Waals surface area contributed by atoms with Crippen LogP contribution in [0.25, 0.3) is 0 Å². The summed E-state index contributed by atoms with van der Waals surface area (Å²) in [5, 5.41) is 6.09. The summed E-state index contributed by atoms with van der Waals surface area (Å²) in [4.78, 5) is 39.1. The molecule has 3 amide bonds. The first-order valence-corrected chi connectivity index (χ1v) is 10.9. The second kappa shape index (κ2) is 9.67. The molecule has 0 spiro atoms. The van der Waals surface area contributed by atoms with E-state index in [1.54, 1.807) is 42.5 Å². The lowest BCUT2D eigenvalue weighted by Gasteiger charge is -2.15. The Balaban J connectivity index is 1.49. The van der Waals surface area contributed by atoms with Crippen molar-refractivity contribution < 1.29 is 14.4 Å². The van der Waals surface area contributed by atoms with Crippen molar-refractivity contribution in [1.82, 2.24) is 4.90 Å². The van der Waals surface area contributed by atoms with Crippen molar-refractivity contribution >= 4 is 63.9 Å². The SMILES string of the molecule is O=C(Nc1ccc(Cl)c(Cl)c1)c1cccc(NC2=C(Cl)C(=O)N(Cc3ccccc3)C2=O)c1. The van der Waals surface area contributed by atoms with Crippen molar-refractivity contribution in [2.24, 2.45) is 0 Å². The van der Waals surface area contributed by atoms with Gasteiger partial charge in [0.2, 0.25) is 0 Å². The average Bonchev–Trinajstić information content (AvgIpc) is 3.01. The molecule has 0 radical (unpaired) electrons. The number of anilines is 2. The molecule has 2 N–H and O–H groups in total. The summed E-state index contributed by atoms with van der Waals surface area (Å²) in [5.41, 5.74) is 1.98. The zero-order valence-electron chi connectivity index (χ0n) is 16.9. The lowest BCUT2D eigenvalue weighted by Crippen LogP contribution is -2.31. The van der Waals surface area contributed by atoms with Crippen LogP contribution in [-0.2, 0) is 16.1 Å². The van der Waals surface area contributed by atoms with E-state index >= 15 is 0 Å². The number of nitrogens with zero attached hydrogens (tertiary/aromatic N) is 1. The topological polar surface area (TPSA) is 78.5 Å². The van der Waals surface area contributed by atoms with E-state index in [9.17, 15) is 14.4 Å². The lowest BCUT2D eigenvalue weighted by atomic mass is 10.1. The summed E-state index contributed by atoms with van der Waals surface area (Å²) >= 11 is 18.1. The molecule has 0 saturated carbocycles. The number of nitrogens with one attached hydrogen (secondary N) is 2. The second-order valence-corrected chi connectivity index (χ2v) is 8.35. The van der Waals surface area contributed by atoms with Crippen LogP contribution in [0, 0.1) is 0 Å². The van der Waals surface area contributed by atoms with E-state index in [1.165, 1.54) is 0 Å². The van der Waals surface area contributed by atoms with Crippen molar-refractivity contribution in [1.29, 1.82) is 0 Å². The molecule has 6 nitrogen and oxygen atoms in total. The summed E-state index contributed by atoms with van der Waals surface area (Å²) < 4.78 is 0. The van der Waals surface area contributed by atoms with Crippen molar-refractivity contribution in [2.45, 2.75) is 6.54 Å². The first kappa shape index (κ1) is 22.9. The minimum atomic E-state index is -0.582. The molecule has 0 saturated heterocycles. The van der Waals surface area contributed by atoms with Crippen LogP contribution in [0.2, 0.25) is 10.0 Å². The Labute approximate surface area is 204 Å². The van der Waals surface area contributed by atoms with Gasteiger partial charge >= 0.3 is 0 Å². The molecule has 1 aliphatic rings. The van der Waals surface area contributed by atoms with E-state index in [0.717, 1.165) is 10.5 Å². The van der Waals surface area contributed by atoms with E-state index in [0.29, 0.717) is 27.0 Å². The van der Waals surface area contributed by atoms with Crippen LogP contribution in [-0.4, -0.2) is 22.6 Å². The summed E-state index contributed by atoms with van der Waals surface area (Å²) in [7, 11) is 0. The van der Waals surface area contributed by atoms with Gasteiger partial charge in [0.1, 0.15) is 10.7 Å². The number of hydrogen-bond donors (Lipinski definition) is 2. The Bertz CT molecular complexity index is 1290. The van der Waals surface area contributed by atoms with E-state index in [-0.39, 0.29) is 17.3 Å². The lowest BCUT2D eigenvalue weighted by molar-refractivity contribution is -0.138. The van der Waals surface area contributed by atoms with Gasteiger partial charge in [0.05, 0.1) is 16.6 Å². The molecule has 0 bridgehead atoms. The monoisotopic (exact) mass is 499 g/mol. The van der Waals surface area contributed by atoms with Gasteiger partial charge < -0.3 is 10.6 Å². The van der Waals surface area contributed by atoms with Gasteiger partial charge in [0.25, 0.3) is 17.7 Å². The van der Waals surface area contributed by atoms with Crippen LogP contribution in [0.1, 0.15) is 15.9 Å². The maximum atomic E-state index is 12.9. The third kappa shape index (κ3) is 5.03. The number of carbonyl (C=O) groups is 3. The van der Waals surface area contributed by atoms with Crippen molar-refractivity contribution in [2.75, 3.05) is 10.6 Å². The molecule has 9 heteroatoms. The highest BCUT2D eigenvalue weighted by molar-refractivity contribution is 6.48. The number of halogens is 3. The molecule has 3 aromatic rings. The Morgan fingerprint density at radius 2 is 1.55 bits per heavy atom. The number of carbonyl (C=O) groups excluding carboxylic acids is 3. The third-order valence-corrected chi connectivity index (χ3v) is 5.96. The standard InChI is InChI=1S/C24H16Cl3N3O3/c25-18-10-9-17(12-19(18)26)29-22(31)15-7-4-8-16(11-15)28-21-20(27)23(32)30(24(21)33)13-14-5-2-1-3-6-14/h1-12,28H,13H2,(H,29,31). The van der Waals surface area contributed by atoms with E-state index in [4.69, 9.17) is 34.8 Å². The first-order chi connectivity index (χ1) is 15.8. The normalized spacial score (nSPS) is 13.5. The number of rotatable bonds is 6. The van der Waals surface area contributed by atoms with Crippen LogP contribution in [0.15, 0.2) is 83.5 Å². The van der Waals surface area contributed by atoms with Crippen molar-refractivity contribution in [3.8, 4) is 0 Å². The fourth-order valence-corrected chi connectivity index (χ4v) is 3.75. The van der Waals surface area contributed by atoms with Gasteiger partial charge in [-0.05, 0) is 42.0 Å². The molecule has 4 rings (SSSR count). The van der Waals surface area contributed by atoms with Gasteiger partial charge in [-0.3, -0.25) is 19.3 Å². The predicted octanol–water partition coefficient (Wildman–Crippen LogP) is 5.68. The summed E-state index contributed by atoms with van der Waals surface area (Å²) in [6, 6.07) is 20.3. The fraction of sp³-hybridized carbons (Fsp3) is 0.0417. The zero-order chi connectivity index (χ0) is 23.5. The number of amides is 3. The molecule has 0 unspecified atom stereocenters. The van der Waals surface area contributed by atoms with Gasteiger partial charge in [-0.25, -0.2) is 0 Å². The Hall–Kier alpha value is -3.32. The van der Waals surface area contributed by atoms with E-state index in [1.807, 2.05) is 30.3 Å². The van der Waals surface area contributed by atoms with Crippen LogP contribution in [0.5, 0.6) is 0 Å². The van der Waals surface area contributed by atoms with Crippen molar-refractivity contribution in [3.63, 3.8) is 0 Å². The molecular weight excluding hydrogens is 485 g/mol. The molecular formula is C24H16Cl3N3O3. The van der Waals surface area contributed by atoms with E-state index < -0.39 is 17.7 Å². The second-order valence-electron chi connectivity index (χ2n) is 7.16. The maximum Gasteiger partial charge on any atom is 0.279 e. The molecule has 1 heterocycles. The number of benzene rings is 3. The van der Waals surface area contributed by atoms with Gasteiger partial charge in [0, 0.05) is 16.9 Å². The first-order valence-electron chi connectivity index (χ1n) is 9.77. The minimum absolute atomic E-state index is 0.0420. The van der Waals surface area contributed by atoms with Gasteiger partial charge in [0.15, 0.2) is 0 Å². The third-order valence-electron chi connectivity index (χ3n) is 4.87. The maximum absolute atomic E-state index is 12.9. The van der Waals surface area contributed by atoms with Crippen LogP contribution in [0.3, 0.4) is 0 Å². The van der Waals surface area contributed by atoms with Crippen LogP contribution >= 0.6 is 34.8 Å². The molecule has 0 aliphatic carbocycles. The van der Waals surface area contributed by atoms with Gasteiger partial charge in [-0.2, -0.15) is 0 Å². The number of hydrogen-bond acceptors (Lipinski definition) is 4. The molecule has 0 atom stereocenters. The highest BCUT2D eigenvalue weighted by Crippen LogP contribution is 2.28. The summed E-state index contributed by atoms with van der Waals surface area (Å²) in [6.07, 6.45) is 0. The van der Waals surface area contributed by atoms with Gasteiger partial charge in [-0.15, -0.1) is 0 Å². The van der Waals surface area contributed by atoms with Crippen LogP contribution in [0.4, 0.5) is 11.4 Å². The highest BCUT2D eigenvalue weighted by Gasteiger charge is 2.37. The van der Waals surface area contributed by atoms with Crippen molar-refractivity contribution in [3.05, 3.63) is 105 Å². The number of imide groups is 1. The molecule has 3 aromatic carbocycles. The fourth-order valence-electron chi connectivity index (χ4n) is 3.22. The summed E-state index contributed by atoms with van der Waals surface area (Å²) in [5.74, 6) is -1.52. The molecule has 0 fully saturated rings. The molecule has 33 heavy (non-hydrogen) atoms. The van der Waals surface area contributed by atoms with Crippen LogP contribution < -0.4 is 10.6 Å². The Morgan fingerprint density at radius 3 is 2.27 bits per heavy atom. The minimum Gasteiger partial charge on any atom is -0.350 e. The summed E-state index contributed by atoms with van der Waals surface area (Å²) in [6.45, 7) is 0.103. The Kier molecular flexibility index (Phi) is 6.70. The highest BCUT2D eigenvalue weighted by atomic mass is 35.5. The average molecular weight is 501 g/mol. The molecule has 166 valence electrons. The largest absolute Gasteiger partial charge is 0.350 e. The Morgan fingerprint density at radius 1 is 0.788 bits per heavy atom.